The van der Waals surface area contributed by atoms with Gasteiger partial charge in [0.1, 0.15) is 0 Å². The highest BCUT2D eigenvalue weighted by atomic mass is 16.1. The van der Waals surface area contributed by atoms with Gasteiger partial charge in [0.2, 0.25) is 5.91 Å². The maximum atomic E-state index is 12.4. The Morgan fingerprint density at radius 1 is 1.41 bits per heavy atom. The first kappa shape index (κ1) is 15.5. The Bertz CT molecular complexity index is 520. The lowest BCUT2D eigenvalue weighted by Gasteiger charge is -2.57. The summed E-state index contributed by atoms with van der Waals surface area (Å²) in [6, 6.07) is 4.10. The molecule has 1 aromatic heterocycles. The Balaban J connectivity index is 1.95. The van der Waals surface area contributed by atoms with E-state index in [9.17, 15) is 4.79 Å². The van der Waals surface area contributed by atoms with Crippen LogP contribution in [-0.4, -0.2) is 34.9 Å². The van der Waals surface area contributed by atoms with Crippen LogP contribution in [0.1, 0.15) is 51.1 Å². The lowest BCUT2D eigenvalue weighted by molar-refractivity contribution is -0.127. The number of nitrogens with one attached hydrogen (secondary N) is 1. The van der Waals surface area contributed by atoms with Crippen LogP contribution in [0, 0.1) is 11.8 Å². The number of rotatable bonds is 4. The van der Waals surface area contributed by atoms with Crippen LogP contribution in [0.4, 0.5) is 0 Å². The predicted octanol–water partition coefficient (Wildman–Crippen LogP) is 2.77. The first-order valence-electron chi connectivity index (χ1n) is 8.44. The predicted molar refractivity (Wildman–Crippen MR) is 87.3 cm³/mol. The molecule has 4 heteroatoms. The quantitative estimate of drug-likeness (QED) is 0.930. The number of carbonyl (C=O) groups is 1. The van der Waals surface area contributed by atoms with Crippen molar-refractivity contribution in [2.75, 3.05) is 13.6 Å². The van der Waals surface area contributed by atoms with E-state index in [4.69, 9.17) is 0 Å². The number of pyridine rings is 1. The monoisotopic (exact) mass is 301 g/mol. The Kier molecular flexibility index (Phi) is 4.22. The number of nitrogens with zero attached hydrogens (tertiary/aromatic N) is 2. The van der Waals surface area contributed by atoms with Crippen molar-refractivity contribution in [1.82, 2.24) is 15.2 Å². The maximum absolute atomic E-state index is 12.4. The van der Waals surface area contributed by atoms with Crippen LogP contribution < -0.4 is 5.32 Å². The molecular formula is C18H27N3O. The van der Waals surface area contributed by atoms with Crippen molar-refractivity contribution >= 4 is 5.91 Å². The number of amides is 1. The molecule has 1 aromatic rings. The molecular weight excluding hydrogens is 274 g/mol. The zero-order valence-corrected chi connectivity index (χ0v) is 13.9. The molecule has 2 aliphatic heterocycles. The van der Waals surface area contributed by atoms with Crippen molar-refractivity contribution in [3.8, 4) is 0 Å². The minimum Gasteiger partial charge on any atom is -0.347 e. The second-order valence-electron chi connectivity index (χ2n) is 7.31. The topological polar surface area (TPSA) is 45.2 Å². The summed E-state index contributed by atoms with van der Waals surface area (Å²) < 4.78 is 0. The Morgan fingerprint density at radius 3 is 2.68 bits per heavy atom. The summed E-state index contributed by atoms with van der Waals surface area (Å²) in [6.07, 6.45) is 8.58. The van der Waals surface area contributed by atoms with E-state index >= 15 is 0 Å². The average molecular weight is 301 g/mol. The van der Waals surface area contributed by atoms with E-state index in [0.29, 0.717) is 0 Å². The fraction of sp³-hybridized carbons (Fsp3) is 0.667. The lowest BCUT2D eigenvalue weighted by Crippen LogP contribution is -2.63. The van der Waals surface area contributed by atoms with E-state index in [0.717, 1.165) is 30.9 Å². The van der Waals surface area contributed by atoms with Gasteiger partial charge in [-0.15, -0.1) is 0 Å². The van der Waals surface area contributed by atoms with Gasteiger partial charge in [0.25, 0.3) is 0 Å². The summed E-state index contributed by atoms with van der Waals surface area (Å²) in [5.74, 6) is 0.965. The van der Waals surface area contributed by atoms with E-state index in [1.165, 1.54) is 12.8 Å². The Morgan fingerprint density at radius 2 is 2.14 bits per heavy atom. The van der Waals surface area contributed by atoms with Crippen molar-refractivity contribution in [2.24, 2.45) is 11.8 Å². The summed E-state index contributed by atoms with van der Waals surface area (Å²) >= 11 is 0. The van der Waals surface area contributed by atoms with E-state index in [1.807, 2.05) is 26.1 Å². The summed E-state index contributed by atoms with van der Waals surface area (Å²) in [5, 5.41) is 3.33. The number of likely N-dealkylation sites (N-methyl/N-ethyl adjacent to an activating group) is 1. The first-order valence-corrected chi connectivity index (χ1v) is 8.44. The average Bonchev–Trinajstić information content (AvgIpc) is 2.54. The molecule has 0 radical (unpaired) electrons. The minimum atomic E-state index is 0.000747. The molecule has 1 aliphatic carbocycles. The van der Waals surface area contributed by atoms with Gasteiger partial charge in [-0.05, 0) is 50.3 Å². The van der Waals surface area contributed by atoms with Gasteiger partial charge in [0.15, 0.2) is 0 Å². The molecule has 1 N–H and O–H groups in total. The van der Waals surface area contributed by atoms with Crippen molar-refractivity contribution in [1.29, 1.82) is 0 Å². The van der Waals surface area contributed by atoms with Gasteiger partial charge in [0, 0.05) is 30.4 Å². The lowest BCUT2D eigenvalue weighted by atomic mass is 9.66. The molecule has 3 fully saturated rings. The number of carbonyl (C=O) groups excluding carboxylic acids is 1. The van der Waals surface area contributed by atoms with Crippen LogP contribution in [0.25, 0.3) is 0 Å². The van der Waals surface area contributed by atoms with Crippen molar-refractivity contribution in [3.63, 3.8) is 0 Å². The van der Waals surface area contributed by atoms with Crippen molar-refractivity contribution < 1.29 is 4.79 Å². The molecule has 2 bridgehead atoms. The minimum absolute atomic E-state index is 0.000747. The van der Waals surface area contributed by atoms with E-state index in [-0.39, 0.29) is 23.4 Å². The molecule has 4 rings (SSSR count). The highest BCUT2D eigenvalue weighted by Crippen LogP contribution is 2.48. The van der Waals surface area contributed by atoms with Gasteiger partial charge in [-0.2, -0.15) is 0 Å². The summed E-state index contributed by atoms with van der Waals surface area (Å²) in [6.45, 7) is 5.05. The van der Waals surface area contributed by atoms with Gasteiger partial charge in [0.05, 0.1) is 6.04 Å². The number of hydrogen-bond donors (Lipinski definition) is 1. The number of aromatic nitrogens is 1. The standard InChI is InChI=1S/C18H27N3O/c1-13(2)17(22)20-16(15-5-4-10-19-11-15)18-8-6-14(7-9-18)12-21(18)3/h4-5,10-11,13-14,16H,6-9,12H2,1-3H3,(H,20,22). The van der Waals surface area contributed by atoms with Crippen LogP contribution in [0.2, 0.25) is 0 Å². The summed E-state index contributed by atoms with van der Waals surface area (Å²) in [5.41, 5.74) is 1.17. The van der Waals surface area contributed by atoms with E-state index in [1.54, 1.807) is 6.20 Å². The fourth-order valence-electron chi connectivity index (χ4n) is 4.20. The number of fused-ring (bicyclic) bond motifs is 3. The summed E-state index contributed by atoms with van der Waals surface area (Å²) in [4.78, 5) is 19.2. The molecule has 0 spiro atoms. The Hall–Kier alpha value is -1.42. The van der Waals surface area contributed by atoms with Crippen LogP contribution in [0.3, 0.4) is 0 Å². The van der Waals surface area contributed by atoms with Gasteiger partial charge in [-0.25, -0.2) is 0 Å². The molecule has 4 nitrogen and oxygen atoms in total. The molecule has 120 valence electrons. The first-order chi connectivity index (χ1) is 10.5. The molecule has 1 amide bonds. The molecule has 3 aliphatic rings. The normalized spacial score (nSPS) is 29.5. The highest BCUT2D eigenvalue weighted by Gasteiger charge is 2.50. The molecule has 22 heavy (non-hydrogen) atoms. The van der Waals surface area contributed by atoms with Crippen molar-refractivity contribution in [2.45, 2.75) is 51.1 Å². The van der Waals surface area contributed by atoms with Crippen LogP contribution in [-0.2, 0) is 4.79 Å². The zero-order valence-electron chi connectivity index (χ0n) is 13.9. The third-order valence-electron chi connectivity index (χ3n) is 5.63. The highest BCUT2D eigenvalue weighted by molar-refractivity contribution is 5.78. The third kappa shape index (κ3) is 2.65. The van der Waals surface area contributed by atoms with E-state index in [2.05, 4.69) is 28.3 Å². The van der Waals surface area contributed by atoms with E-state index < -0.39 is 0 Å². The van der Waals surface area contributed by atoms with Crippen molar-refractivity contribution in [3.05, 3.63) is 30.1 Å². The van der Waals surface area contributed by atoms with Gasteiger partial charge >= 0.3 is 0 Å². The Labute approximate surface area is 133 Å². The third-order valence-corrected chi connectivity index (χ3v) is 5.63. The molecule has 1 unspecified atom stereocenters. The molecule has 1 atom stereocenters. The van der Waals surface area contributed by atoms with Gasteiger partial charge < -0.3 is 5.32 Å². The van der Waals surface area contributed by atoms with Crippen LogP contribution in [0.15, 0.2) is 24.5 Å². The van der Waals surface area contributed by atoms with Crippen LogP contribution in [0.5, 0.6) is 0 Å². The second-order valence-corrected chi connectivity index (χ2v) is 7.31. The maximum Gasteiger partial charge on any atom is 0.223 e. The SMILES string of the molecule is CC(C)C(=O)NC(c1cccnc1)C12CCC(CC1)CN2C. The number of piperidine rings is 2. The van der Waals surface area contributed by atoms with Gasteiger partial charge in [-0.3, -0.25) is 14.7 Å². The molecule has 3 heterocycles. The van der Waals surface area contributed by atoms with Crippen LogP contribution >= 0.6 is 0 Å². The smallest absolute Gasteiger partial charge is 0.223 e. The van der Waals surface area contributed by atoms with Gasteiger partial charge in [-0.1, -0.05) is 19.9 Å². The second kappa shape index (κ2) is 5.99. The molecule has 1 saturated carbocycles. The number of hydrogen-bond acceptors (Lipinski definition) is 3. The molecule has 2 saturated heterocycles. The fourth-order valence-corrected chi connectivity index (χ4v) is 4.20. The summed E-state index contributed by atoms with van der Waals surface area (Å²) in [7, 11) is 2.22. The largest absolute Gasteiger partial charge is 0.347 e. The molecule has 0 aromatic carbocycles. The zero-order chi connectivity index (χ0) is 15.7.